The summed E-state index contributed by atoms with van der Waals surface area (Å²) in [4.78, 5) is 25.5. The summed E-state index contributed by atoms with van der Waals surface area (Å²) in [5, 5.41) is 0.603. The van der Waals surface area contributed by atoms with Gasteiger partial charge in [0.25, 0.3) is 5.91 Å². The number of rotatable bonds is 6. The number of methoxy groups -OCH3 is 1. The van der Waals surface area contributed by atoms with Crippen molar-refractivity contribution in [2.24, 2.45) is 0 Å². The van der Waals surface area contributed by atoms with Gasteiger partial charge < -0.3 is 14.4 Å². The fraction of sp³-hybridized carbons (Fsp3) is 0.500. The number of carbonyl (C=O) groups excluding carboxylic acids is 2. The second-order valence-electron chi connectivity index (χ2n) is 5.18. The Labute approximate surface area is 135 Å². The molecule has 1 heterocycles. The summed E-state index contributed by atoms with van der Waals surface area (Å²) in [6, 6.07) is 7.37. The smallest absolute Gasteiger partial charge is 0.307 e. The molecule has 22 heavy (non-hydrogen) atoms. The van der Waals surface area contributed by atoms with Crippen LogP contribution in [0.25, 0.3) is 0 Å². The van der Waals surface area contributed by atoms with Crippen molar-refractivity contribution in [2.75, 3.05) is 20.3 Å². The molecule has 2 rings (SSSR count). The van der Waals surface area contributed by atoms with Crippen molar-refractivity contribution in [3.8, 4) is 0 Å². The molecular weight excluding hydrogens is 306 g/mol. The predicted molar refractivity (Wildman–Crippen MR) is 82.5 cm³/mol. The Kier molecular flexibility index (Phi) is 6.21. The van der Waals surface area contributed by atoms with Gasteiger partial charge in [-0.05, 0) is 24.5 Å². The Balaban J connectivity index is 2.08. The van der Waals surface area contributed by atoms with Gasteiger partial charge in [0.2, 0.25) is 0 Å². The number of hydrogen-bond donors (Lipinski definition) is 0. The van der Waals surface area contributed by atoms with Gasteiger partial charge in [-0.1, -0.05) is 29.8 Å². The third-order valence-electron chi connectivity index (χ3n) is 3.65. The standard InChI is InChI=1S/C16H20ClNO4/c1-21-15(19)8-9-18(16(20)14-7-4-10-22-14)11-12-5-2-3-6-13(12)17/h2-3,5-6,14H,4,7-11H2,1H3. The van der Waals surface area contributed by atoms with Gasteiger partial charge in [-0.3, -0.25) is 9.59 Å². The molecule has 1 atom stereocenters. The number of hydrogen-bond acceptors (Lipinski definition) is 4. The van der Waals surface area contributed by atoms with Crippen LogP contribution in [0.5, 0.6) is 0 Å². The van der Waals surface area contributed by atoms with Crippen LogP contribution in [-0.2, 0) is 25.6 Å². The van der Waals surface area contributed by atoms with Crippen molar-refractivity contribution in [2.45, 2.75) is 31.9 Å². The first-order chi connectivity index (χ1) is 10.6. The number of halogens is 1. The highest BCUT2D eigenvalue weighted by atomic mass is 35.5. The van der Waals surface area contributed by atoms with Crippen LogP contribution in [-0.4, -0.2) is 43.1 Å². The molecule has 0 radical (unpaired) electrons. The summed E-state index contributed by atoms with van der Waals surface area (Å²) >= 11 is 6.16. The fourth-order valence-corrected chi connectivity index (χ4v) is 2.60. The SMILES string of the molecule is COC(=O)CCN(Cc1ccccc1Cl)C(=O)C1CCCO1. The predicted octanol–water partition coefficient (Wildman–Crippen LogP) is 2.41. The van der Waals surface area contributed by atoms with Crippen molar-refractivity contribution in [3.63, 3.8) is 0 Å². The molecule has 1 unspecified atom stereocenters. The van der Waals surface area contributed by atoms with E-state index in [0.717, 1.165) is 18.4 Å². The van der Waals surface area contributed by atoms with Crippen molar-refractivity contribution in [1.29, 1.82) is 0 Å². The van der Waals surface area contributed by atoms with Crippen LogP contribution in [0.2, 0.25) is 5.02 Å². The minimum atomic E-state index is -0.417. The summed E-state index contributed by atoms with van der Waals surface area (Å²) in [5.74, 6) is -0.439. The minimum absolute atomic E-state index is 0.0960. The Morgan fingerprint density at radius 1 is 1.41 bits per heavy atom. The molecular formula is C16H20ClNO4. The van der Waals surface area contributed by atoms with Gasteiger partial charge in [0.05, 0.1) is 13.5 Å². The molecule has 1 aliphatic rings. The number of nitrogens with zero attached hydrogens (tertiary/aromatic N) is 1. The van der Waals surface area contributed by atoms with E-state index in [9.17, 15) is 9.59 Å². The van der Waals surface area contributed by atoms with E-state index < -0.39 is 6.10 Å². The van der Waals surface area contributed by atoms with E-state index in [1.807, 2.05) is 18.2 Å². The van der Waals surface area contributed by atoms with Crippen LogP contribution in [0.3, 0.4) is 0 Å². The molecule has 0 N–H and O–H groups in total. The van der Waals surface area contributed by atoms with E-state index in [0.29, 0.717) is 18.2 Å². The van der Waals surface area contributed by atoms with E-state index in [1.54, 1.807) is 11.0 Å². The summed E-state index contributed by atoms with van der Waals surface area (Å²) in [7, 11) is 1.34. The summed E-state index contributed by atoms with van der Waals surface area (Å²) in [6.07, 6.45) is 1.34. The fourth-order valence-electron chi connectivity index (χ4n) is 2.40. The highest BCUT2D eigenvalue weighted by Crippen LogP contribution is 2.20. The molecule has 0 aromatic heterocycles. The zero-order valence-corrected chi connectivity index (χ0v) is 13.3. The van der Waals surface area contributed by atoms with Gasteiger partial charge >= 0.3 is 5.97 Å². The molecule has 0 bridgehead atoms. The highest BCUT2D eigenvalue weighted by Gasteiger charge is 2.28. The van der Waals surface area contributed by atoms with Crippen LogP contribution in [0, 0.1) is 0 Å². The van der Waals surface area contributed by atoms with Crippen LogP contribution in [0.15, 0.2) is 24.3 Å². The molecule has 1 saturated heterocycles. The molecule has 5 nitrogen and oxygen atoms in total. The molecule has 0 saturated carbocycles. The van der Waals surface area contributed by atoms with E-state index in [-0.39, 0.29) is 24.8 Å². The first-order valence-corrected chi connectivity index (χ1v) is 7.70. The summed E-state index contributed by atoms with van der Waals surface area (Å²) in [6.45, 7) is 1.25. The first kappa shape index (κ1) is 16.8. The molecule has 120 valence electrons. The van der Waals surface area contributed by atoms with Crippen LogP contribution in [0.4, 0.5) is 0 Å². The van der Waals surface area contributed by atoms with Gasteiger partial charge in [-0.15, -0.1) is 0 Å². The molecule has 0 spiro atoms. The molecule has 1 fully saturated rings. The number of amides is 1. The summed E-state index contributed by atoms with van der Waals surface area (Å²) < 4.78 is 10.1. The zero-order valence-electron chi connectivity index (χ0n) is 12.6. The Morgan fingerprint density at radius 3 is 2.82 bits per heavy atom. The number of esters is 1. The minimum Gasteiger partial charge on any atom is -0.469 e. The maximum absolute atomic E-state index is 12.6. The normalized spacial score (nSPS) is 17.3. The monoisotopic (exact) mass is 325 g/mol. The van der Waals surface area contributed by atoms with Crippen LogP contribution >= 0.6 is 11.6 Å². The lowest BCUT2D eigenvalue weighted by molar-refractivity contribution is -0.144. The second kappa shape index (κ2) is 8.15. The van der Waals surface area contributed by atoms with Gasteiger partial charge in [-0.2, -0.15) is 0 Å². The molecule has 1 aromatic rings. The average molecular weight is 326 g/mol. The van der Waals surface area contributed by atoms with E-state index in [2.05, 4.69) is 4.74 Å². The third kappa shape index (κ3) is 4.45. The lowest BCUT2D eigenvalue weighted by Crippen LogP contribution is -2.39. The van der Waals surface area contributed by atoms with Crippen LogP contribution < -0.4 is 0 Å². The lowest BCUT2D eigenvalue weighted by atomic mass is 10.1. The molecule has 6 heteroatoms. The van der Waals surface area contributed by atoms with E-state index >= 15 is 0 Å². The van der Waals surface area contributed by atoms with Crippen molar-refractivity contribution < 1.29 is 19.1 Å². The zero-order chi connectivity index (χ0) is 15.9. The molecule has 0 aliphatic carbocycles. The largest absolute Gasteiger partial charge is 0.469 e. The Bertz CT molecular complexity index is 529. The van der Waals surface area contributed by atoms with Crippen LogP contribution in [0.1, 0.15) is 24.8 Å². The van der Waals surface area contributed by atoms with Crippen molar-refractivity contribution in [1.82, 2.24) is 4.90 Å². The number of ether oxygens (including phenoxy) is 2. The lowest BCUT2D eigenvalue weighted by Gasteiger charge is -2.25. The number of carbonyl (C=O) groups is 2. The maximum atomic E-state index is 12.6. The Hall–Kier alpha value is -1.59. The highest BCUT2D eigenvalue weighted by molar-refractivity contribution is 6.31. The third-order valence-corrected chi connectivity index (χ3v) is 4.02. The first-order valence-electron chi connectivity index (χ1n) is 7.32. The summed E-state index contributed by atoms with van der Waals surface area (Å²) in [5.41, 5.74) is 0.848. The maximum Gasteiger partial charge on any atom is 0.307 e. The molecule has 1 aliphatic heterocycles. The quantitative estimate of drug-likeness (QED) is 0.754. The van der Waals surface area contributed by atoms with Crippen molar-refractivity contribution >= 4 is 23.5 Å². The van der Waals surface area contributed by atoms with Gasteiger partial charge in [0.15, 0.2) is 0 Å². The van der Waals surface area contributed by atoms with E-state index in [4.69, 9.17) is 16.3 Å². The second-order valence-corrected chi connectivity index (χ2v) is 5.59. The topological polar surface area (TPSA) is 55.8 Å². The van der Waals surface area contributed by atoms with Gasteiger partial charge in [0, 0.05) is 24.7 Å². The average Bonchev–Trinajstić information content (AvgIpc) is 3.06. The van der Waals surface area contributed by atoms with Crippen molar-refractivity contribution in [3.05, 3.63) is 34.9 Å². The molecule has 1 amide bonds. The van der Waals surface area contributed by atoms with Gasteiger partial charge in [-0.25, -0.2) is 0 Å². The van der Waals surface area contributed by atoms with Gasteiger partial charge in [0.1, 0.15) is 6.10 Å². The molecule has 1 aromatic carbocycles. The number of benzene rings is 1. The van der Waals surface area contributed by atoms with E-state index in [1.165, 1.54) is 7.11 Å². The Morgan fingerprint density at radius 2 is 2.18 bits per heavy atom.